The molecule has 0 N–H and O–H groups in total. The van der Waals surface area contributed by atoms with Crippen LogP contribution in [0.2, 0.25) is 0 Å². The Morgan fingerprint density at radius 3 is 2.57 bits per heavy atom. The first kappa shape index (κ1) is 6.56. The van der Waals surface area contributed by atoms with E-state index in [0.29, 0.717) is 0 Å². The molecule has 0 radical (unpaired) electrons. The summed E-state index contributed by atoms with van der Waals surface area (Å²) in [6.45, 7) is 1.78. The summed E-state index contributed by atoms with van der Waals surface area (Å²) in [4.78, 5) is 3.63. The summed E-state index contributed by atoms with van der Waals surface area (Å²) in [5.74, 6) is 0. The normalized spacial score (nSPS) is 9.43. The van der Waals surface area contributed by atoms with Crippen LogP contribution in [0.5, 0.6) is 0 Å². The lowest BCUT2D eigenvalue weighted by Crippen LogP contribution is -1.89. The number of hydrogen-bond acceptors (Lipinski definition) is 2. The Morgan fingerprint density at radius 1 is 1.86 bits per heavy atom. The molecule has 0 bridgehead atoms. The maximum Gasteiger partial charge on any atom is 0.282 e. The van der Waals surface area contributed by atoms with E-state index in [1.807, 2.05) is 0 Å². The molecule has 0 saturated carbocycles. The number of ether oxygens (including phenoxy) is 1. The van der Waals surface area contributed by atoms with Gasteiger partial charge in [-0.1, -0.05) is 0 Å². The SMILES string of the molecule is C/C=N/C(=S)OC. The van der Waals surface area contributed by atoms with E-state index in [1.54, 1.807) is 13.1 Å². The molecule has 0 aliphatic heterocycles. The quantitative estimate of drug-likeness (QED) is 0.349. The minimum absolute atomic E-state index is 0.280. The molecule has 3 heteroatoms. The van der Waals surface area contributed by atoms with Crippen molar-refractivity contribution in [3.63, 3.8) is 0 Å². The van der Waals surface area contributed by atoms with E-state index >= 15 is 0 Å². The van der Waals surface area contributed by atoms with Gasteiger partial charge in [0.1, 0.15) is 0 Å². The standard InChI is InChI=1S/C4H7NOS/c1-3-5-4(7)6-2/h3H,1-2H3/b5-3+. The first-order chi connectivity index (χ1) is 3.31. The Hall–Kier alpha value is -0.440. The van der Waals surface area contributed by atoms with Crippen LogP contribution in [-0.4, -0.2) is 18.5 Å². The predicted octanol–water partition coefficient (Wildman–Crippen LogP) is 1.01. The Labute approximate surface area is 48.2 Å². The fraction of sp³-hybridized carbons (Fsp3) is 0.500. The van der Waals surface area contributed by atoms with E-state index in [1.165, 1.54) is 7.11 Å². The minimum Gasteiger partial charge on any atom is -0.473 e. The van der Waals surface area contributed by atoms with Crippen molar-refractivity contribution in [2.75, 3.05) is 7.11 Å². The highest BCUT2D eigenvalue weighted by atomic mass is 32.1. The van der Waals surface area contributed by atoms with Crippen molar-refractivity contribution in [3.05, 3.63) is 0 Å². The molecule has 0 aliphatic rings. The van der Waals surface area contributed by atoms with Crippen LogP contribution in [0.25, 0.3) is 0 Å². The van der Waals surface area contributed by atoms with E-state index in [2.05, 4.69) is 21.9 Å². The summed E-state index contributed by atoms with van der Waals surface area (Å²) in [6, 6.07) is 0. The van der Waals surface area contributed by atoms with Crippen molar-refractivity contribution in [1.29, 1.82) is 0 Å². The second kappa shape index (κ2) is 3.74. The van der Waals surface area contributed by atoms with Gasteiger partial charge in [-0.05, 0) is 19.1 Å². The third-order valence-corrected chi connectivity index (χ3v) is 0.681. The van der Waals surface area contributed by atoms with E-state index in [4.69, 9.17) is 0 Å². The fourth-order valence-corrected chi connectivity index (χ4v) is 0.264. The number of aliphatic imine (C=N–C) groups is 1. The number of thiocarbonyl (C=S) groups is 1. The molecule has 0 rings (SSSR count). The summed E-state index contributed by atoms with van der Waals surface area (Å²) >= 11 is 4.53. The molecule has 2 nitrogen and oxygen atoms in total. The van der Waals surface area contributed by atoms with Crippen molar-refractivity contribution in [1.82, 2.24) is 0 Å². The second-order valence-electron chi connectivity index (χ2n) is 0.857. The maximum atomic E-state index is 4.53. The topological polar surface area (TPSA) is 21.6 Å². The third-order valence-electron chi connectivity index (χ3n) is 0.409. The molecule has 0 aromatic rings. The van der Waals surface area contributed by atoms with Gasteiger partial charge < -0.3 is 4.74 Å². The lowest BCUT2D eigenvalue weighted by Gasteiger charge is -1.88. The Kier molecular flexibility index (Phi) is 3.50. The summed E-state index contributed by atoms with van der Waals surface area (Å²) in [7, 11) is 1.50. The average molecular weight is 117 g/mol. The lowest BCUT2D eigenvalue weighted by molar-refractivity contribution is 0.409. The molecule has 0 saturated heterocycles. The molecule has 0 unspecified atom stereocenters. The van der Waals surface area contributed by atoms with Crippen LogP contribution in [0, 0.1) is 0 Å². The van der Waals surface area contributed by atoms with Gasteiger partial charge in [-0.3, -0.25) is 0 Å². The highest BCUT2D eigenvalue weighted by Crippen LogP contribution is 1.76. The van der Waals surface area contributed by atoms with Crippen molar-refractivity contribution < 1.29 is 4.74 Å². The zero-order chi connectivity index (χ0) is 5.70. The predicted molar refractivity (Wildman–Crippen MR) is 33.8 cm³/mol. The van der Waals surface area contributed by atoms with Crippen LogP contribution < -0.4 is 0 Å². The van der Waals surface area contributed by atoms with Gasteiger partial charge in [-0.2, -0.15) is 0 Å². The van der Waals surface area contributed by atoms with Crippen LogP contribution in [-0.2, 0) is 4.74 Å². The van der Waals surface area contributed by atoms with Gasteiger partial charge in [0.2, 0.25) is 0 Å². The smallest absolute Gasteiger partial charge is 0.282 e. The Morgan fingerprint density at radius 2 is 2.43 bits per heavy atom. The van der Waals surface area contributed by atoms with E-state index in [9.17, 15) is 0 Å². The minimum atomic E-state index is 0.280. The lowest BCUT2D eigenvalue weighted by atomic mass is 10.9. The second-order valence-corrected chi connectivity index (χ2v) is 1.21. The van der Waals surface area contributed by atoms with Crippen LogP contribution in [0.1, 0.15) is 6.92 Å². The van der Waals surface area contributed by atoms with Crippen LogP contribution in [0.15, 0.2) is 4.99 Å². The third kappa shape index (κ3) is 3.39. The molecular weight excluding hydrogens is 110 g/mol. The molecular formula is C4H7NOS. The van der Waals surface area contributed by atoms with Crippen LogP contribution >= 0.6 is 12.2 Å². The summed E-state index contributed by atoms with van der Waals surface area (Å²) in [5, 5.41) is 0.280. The average Bonchev–Trinajstić information content (AvgIpc) is 1.68. The van der Waals surface area contributed by atoms with Gasteiger partial charge in [0, 0.05) is 6.21 Å². The van der Waals surface area contributed by atoms with Gasteiger partial charge in [0.15, 0.2) is 0 Å². The van der Waals surface area contributed by atoms with Crippen molar-refractivity contribution in [3.8, 4) is 0 Å². The molecule has 0 aromatic heterocycles. The summed E-state index contributed by atoms with van der Waals surface area (Å²) in [6.07, 6.45) is 1.59. The highest BCUT2D eigenvalue weighted by molar-refractivity contribution is 7.80. The zero-order valence-corrected chi connectivity index (χ0v) is 5.16. The Balaban J connectivity index is 3.37. The fourth-order valence-electron chi connectivity index (χ4n) is 0.158. The van der Waals surface area contributed by atoms with Gasteiger partial charge >= 0.3 is 0 Å². The summed E-state index contributed by atoms with van der Waals surface area (Å²) < 4.78 is 4.52. The number of nitrogens with zero attached hydrogens (tertiary/aromatic N) is 1. The van der Waals surface area contributed by atoms with Gasteiger partial charge in [0.25, 0.3) is 5.17 Å². The van der Waals surface area contributed by atoms with Gasteiger partial charge in [0.05, 0.1) is 7.11 Å². The first-order valence-electron chi connectivity index (χ1n) is 1.88. The van der Waals surface area contributed by atoms with E-state index < -0.39 is 0 Å². The molecule has 0 fully saturated rings. The van der Waals surface area contributed by atoms with Crippen LogP contribution in [0.3, 0.4) is 0 Å². The summed E-state index contributed by atoms with van der Waals surface area (Å²) in [5.41, 5.74) is 0. The van der Waals surface area contributed by atoms with Gasteiger partial charge in [-0.25, -0.2) is 4.99 Å². The molecule has 0 atom stereocenters. The Bertz CT molecular complexity index is 89.7. The van der Waals surface area contributed by atoms with Crippen molar-refractivity contribution in [2.24, 2.45) is 4.99 Å². The van der Waals surface area contributed by atoms with E-state index in [0.717, 1.165) is 0 Å². The largest absolute Gasteiger partial charge is 0.473 e. The number of hydrogen-bond donors (Lipinski definition) is 0. The van der Waals surface area contributed by atoms with Crippen molar-refractivity contribution in [2.45, 2.75) is 6.92 Å². The molecule has 7 heavy (non-hydrogen) atoms. The molecule has 0 amide bonds. The van der Waals surface area contributed by atoms with Crippen molar-refractivity contribution >= 4 is 23.6 Å². The first-order valence-corrected chi connectivity index (χ1v) is 2.28. The van der Waals surface area contributed by atoms with E-state index in [-0.39, 0.29) is 5.17 Å². The molecule has 0 heterocycles. The van der Waals surface area contributed by atoms with Gasteiger partial charge in [-0.15, -0.1) is 0 Å². The maximum absolute atomic E-state index is 4.53. The monoisotopic (exact) mass is 117 g/mol. The number of rotatable bonds is 0. The molecule has 0 spiro atoms. The zero-order valence-electron chi connectivity index (χ0n) is 4.34. The molecule has 0 aliphatic carbocycles. The molecule has 40 valence electrons. The number of methoxy groups -OCH3 is 1. The highest BCUT2D eigenvalue weighted by Gasteiger charge is 1.79. The van der Waals surface area contributed by atoms with Crippen LogP contribution in [0.4, 0.5) is 0 Å². The molecule has 0 aromatic carbocycles.